The van der Waals surface area contributed by atoms with Gasteiger partial charge in [0.1, 0.15) is 11.2 Å². The number of ether oxygens (including phenoxy) is 3. The van der Waals surface area contributed by atoms with Crippen molar-refractivity contribution in [3.05, 3.63) is 12.7 Å². The average Bonchev–Trinajstić information content (AvgIpc) is 3.24. The van der Waals surface area contributed by atoms with E-state index in [4.69, 9.17) is 14.2 Å². The number of carbonyl (C=O) groups excluding carboxylic acids is 3. The number of carbonyl (C=O) groups is 3. The van der Waals surface area contributed by atoms with Crippen LogP contribution in [0, 0.1) is 5.92 Å². The lowest BCUT2D eigenvalue weighted by Gasteiger charge is -2.33. The monoisotopic (exact) mass is 427 g/mol. The normalized spacial score (nSPS) is 21.9. The van der Waals surface area contributed by atoms with Gasteiger partial charge < -0.3 is 19.3 Å². The van der Waals surface area contributed by atoms with Crippen LogP contribution in [0.1, 0.15) is 74.1 Å². The van der Waals surface area contributed by atoms with E-state index in [1.54, 1.807) is 54.5 Å². The van der Waals surface area contributed by atoms with Gasteiger partial charge in [-0.05, 0) is 80.1 Å². The van der Waals surface area contributed by atoms with Crippen LogP contribution in [0.2, 0.25) is 0 Å². The third-order valence-electron chi connectivity index (χ3n) is 4.51. The molecule has 30 heavy (non-hydrogen) atoms. The first-order chi connectivity index (χ1) is 13.7. The van der Waals surface area contributed by atoms with Gasteiger partial charge in [0.25, 0.3) is 0 Å². The van der Waals surface area contributed by atoms with E-state index in [0.717, 1.165) is 4.90 Å². The summed E-state index contributed by atoms with van der Waals surface area (Å²) in [4.78, 5) is 39.7. The Morgan fingerprint density at radius 3 is 2.03 bits per heavy atom. The van der Waals surface area contributed by atoms with Crippen LogP contribution in [0.15, 0.2) is 12.7 Å². The molecule has 1 aliphatic carbocycles. The lowest BCUT2D eigenvalue weighted by Crippen LogP contribution is -2.55. The van der Waals surface area contributed by atoms with Gasteiger partial charge in [0.05, 0.1) is 12.7 Å². The fraction of sp³-hybridized carbons (Fsp3) is 0.773. The van der Waals surface area contributed by atoms with Crippen molar-refractivity contribution < 1.29 is 33.7 Å². The van der Waals surface area contributed by atoms with E-state index in [1.165, 1.54) is 0 Å². The SMILES string of the molecule is C=CCCC(O)CC1C[C@@]1(C(=O)OCC)N(C(=O)OC(C)(C)C)C(=O)OC(C)(C)C. The molecule has 172 valence electrons. The molecule has 2 amide bonds. The molecule has 1 N–H and O–H groups in total. The molecule has 2 unspecified atom stereocenters. The van der Waals surface area contributed by atoms with E-state index in [-0.39, 0.29) is 19.4 Å². The van der Waals surface area contributed by atoms with E-state index in [9.17, 15) is 19.5 Å². The van der Waals surface area contributed by atoms with Gasteiger partial charge >= 0.3 is 18.2 Å². The Morgan fingerprint density at radius 2 is 1.63 bits per heavy atom. The highest BCUT2D eigenvalue weighted by Gasteiger charge is 2.69. The zero-order chi connectivity index (χ0) is 23.3. The first-order valence-electron chi connectivity index (χ1n) is 10.4. The number of hydrogen-bond donors (Lipinski definition) is 1. The van der Waals surface area contributed by atoms with Crippen molar-refractivity contribution >= 4 is 18.2 Å². The molecule has 1 rings (SSSR count). The summed E-state index contributed by atoms with van der Waals surface area (Å²) in [5, 5.41) is 10.3. The summed E-state index contributed by atoms with van der Waals surface area (Å²) >= 11 is 0. The number of esters is 1. The molecule has 0 radical (unpaired) electrons. The lowest BCUT2D eigenvalue weighted by atomic mass is 10.0. The fourth-order valence-electron chi connectivity index (χ4n) is 3.24. The molecule has 0 heterocycles. The molecule has 0 bridgehead atoms. The summed E-state index contributed by atoms with van der Waals surface area (Å²) in [6.07, 6.45) is 0.524. The maximum atomic E-state index is 13.0. The summed E-state index contributed by atoms with van der Waals surface area (Å²) in [6, 6.07) is 0. The van der Waals surface area contributed by atoms with Crippen LogP contribution in [-0.2, 0) is 19.0 Å². The highest BCUT2D eigenvalue weighted by Crippen LogP contribution is 2.53. The van der Waals surface area contributed by atoms with Crippen molar-refractivity contribution in [1.29, 1.82) is 0 Å². The molecule has 0 aromatic rings. The molecular weight excluding hydrogens is 390 g/mol. The number of amides is 2. The third kappa shape index (κ3) is 7.00. The second-order valence-electron chi connectivity index (χ2n) is 9.60. The molecule has 0 saturated heterocycles. The summed E-state index contributed by atoms with van der Waals surface area (Å²) in [5.41, 5.74) is -3.34. The molecule has 8 nitrogen and oxygen atoms in total. The van der Waals surface area contributed by atoms with Crippen molar-refractivity contribution in [3.63, 3.8) is 0 Å². The number of imide groups is 1. The highest BCUT2D eigenvalue weighted by molar-refractivity contribution is 5.99. The molecule has 8 heteroatoms. The first-order valence-corrected chi connectivity index (χ1v) is 10.4. The van der Waals surface area contributed by atoms with E-state index in [2.05, 4.69) is 6.58 Å². The molecule has 1 fully saturated rings. The van der Waals surface area contributed by atoms with Crippen LogP contribution < -0.4 is 0 Å². The fourth-order valence-corrected chi connectivity index (χ4v) is 3.24. The Hall–Kier alpha value is -2.09. The number of nitrogens with zero attached hydrogens (tertiary/aromatic N) is 1. The van der Waals surface area contributed by atoms with Crippen molar-refractivity contribution in [2.24, 2.45) is 5.92 Å². The Morgan fingerprint density at radius 1 is 1.13 bits per heavy atom. The Labute approximate surface area is 179 Å². The quantitative estimate of drug-likeness (QED) is 0.352. The van der Waals surface area contributed by atoms with Crippen LogP contribution in [-0.4, -0.2) is 57.6 Å². The van der Waals surface area contributed by atoms with Crippen LogP contribution in [0.3, 0.4) is 0 Å². The zero-order valence-corrected chi connectivity index (χ0v) is 19.3. The standard InChI is InChI=1S/C22H37NO7/c1-9-11-12-16(24)13-15-14-22(15,17(25)28-10-2)23(18(26)29-20(3,4)5)19(27)30-21(6,7)8/h9,15-16,24H,1,10-14H2,2-8H3/t15?,16?,22-/m1/s1. The van der Waals surface area contributed by atoms with Gasteiger partial charge in [-0.15, -0.1) is 6.58 Å². The predicted molar refractivity (Wildman–Crippen MR) is 112 cm³/mol. The molecule has 0 aliphatic heterocycles. The minimum absolute atomic E-state index is 0.0861. The maximum Gasteiger partial charge on any atom is 0.420 e. The number of rotatable bonds is 8. The molecule has 1 saturated carbocycles. The molecule has 1 aliphatic rings. The summed E-state index contributed by atoms with van der Waals surface area (Å²) in [5.74, 6) is -1.17. The number of allylic oxidation sites excluding steroid dienone is 1. The average molecular weight is 428 g/mol. The van der Waals surface area contributed by atoms with E-state index >= 15 is 0 Å². The Bertz CT molecular complexity index is 619. The Balaban J connectivity index is 3.29. The first kappa shape index (κ1) is 25.9. The number of aliphatic hydroxyl groups is 1. The van der Waals surface area contributed by atoms with Gasteiger partial charge in [0, 0.05) is 0 Å². The number of aliphatic hydroxyl groups excluding tert-OH is 1. The van der Waals surface area contributed by atoms with Gasteiger partial charge in [-0.2, -0.15) is 4.90 Å². The van der Waals surface area contributed by atoms with Gasteiger partial charge in [-0.25, -0.2) is 14.4 Å². The molecule has 0 aromatic heterocycles. The third-order valence-corrected chi connectivity index (χ3v) is 4.51. The minimum atomic E-state index is -1.56. The summed E-state index contributed by atoms with van der Waals surface area (Å²) < 4.78 is 16.0. The van der Waals surface area contributed by atoms with Gasteiger partial charge in [0.2, 0.25) is 0 Å². The zero-order valence-electron chi connectivity index (χ0n) is 19.3. The highest BCUT2D eigenvalue weighted by atomic mass is 16.6. The van der Waals surface area contributed by atoms with Crippen molar-refractivity contribution in [2.75, 3.05) is 6.61 Å². The maximum absolute atomic E-state index is 13.0. The largest absolute Gasteiger partial charge is 0.464 e. The van der Waals surface area contributed by atoms with E-state index < -0.39 is 46.9 Å². The van der Waals surface area contributed by atoms with Crippen LogP contribution in [0.25, 0.3) is 0 Å². The van der Waals surface area contributed by atoms with Crippen LogP contribution >= 0.6 is 0 Å². The molecule has 3 atom stereocenters. The topological polar surface area (TPSA) is 102 Å². The Kier molecular flexibility index (Phi) is 8.49. The predicted octanol–water partition coefficient (Wildman–Crippen LogP) is 4.20. The van der Waals surface area contributed by atoms with Crippen molar-refractivity contribution in [1.82, 2.24) is 4.90 Å². The van der Waals surface area contributed by atoms with Gasteiger partial charge in [0.15, 0.2) is 5.54 Å². The minimum Gasteiger partial charge on any atom is -0.464 e. The van der Waals surface area contributed by atoms with Crippen molar-refractivity contribution in [2.45, 2.75) is 97.0 Å². The smallest absolute Gasteiger partial charge is 0.420 e. The lowest BCUT2D eigenvalue weighted by molar-refractivity contribution is -0.152. The second-order valence-corrected chi connectivity index (χ2v) is 9.60. The molecule has 0 spiro atoms. The van der Waals surface area contributed by atoms with E-state index in [0.29, 0.717) is 12.8 Å². The van der Waals surface area contributed by atoms with E-state index in [1.807, 2.05) is 0 Å². The summed E-state index contributed by atoms with van der Waals surface area (Å²) in [6.45, 7) is 15.4. The van der Waals surface area contributed by atoms with Gasteiger partial charge in [-0.1, -0.05) is 6.08 Å². The number of hydrogen-bond acceptors (Lipinski definition) is 7. The van der Waals surface area contributed by atoms with Crippen LogP contribution in [0.5, 0.6) is 0 Å². The van der Waals surface area contributed by atoms with Crippen molar-refractivity contribution in [3.8, 4) is 0 Å². The molecule has 0 aromatic carbocycles. The van der Waals surface area contributed by atoms with Gasteiger partial charge in [-0.3, -0.25) is 0 Å². The summed E-state index contributed by atoms with van der Waals surface area (Å²) in [7, 11) is 0. The molecular formula is C22H37NO7. The second kappa shape index (κ2) is 9.81. The van der Waals surface area contributed by atoms with Crippen LogP contribution in [0.4, 0.5) is 9.59 Å².